The molecule has 1 atom stereocenters. The maximum atomic E-state index is 12.4. The Morgan fingerprint density at radius 3 is 2.28 bits per heavy atom. The molecule has 0 aliphatic carbocycles. The summed E-state index contributed by atoms with van der Waals surface area (Å²) in [7, 11) is 0. The number of ketones is 1. The first-order valence-electron chi connectivity index (χ1n) is 8.67. The summed E-state index contributed by atoms with van der Waals surface area (Å²) in [5, 5.41) is 19.2. The summed E-state index contributed by atoms with van der Waals surface area (Å²) in [6.45, 7) is 7.51. The second-order valence-electron chi connectivity index (χ2n) is 6.06. The number of anilines is 1. The zero-order valence-corrected chi connectivity index (χ0v) is 15.0. The minimum Gasteiger partial charge on any atom is -0.503 e. The van der Waals surface area contributed by atoms with Gasteiger partial charge in [-0.3, -0.25) is 9.59 Å². The van der Waals surface area contributed by atoms with E-state index in [1.807, 2.05) is 24.3 Å². The van der Waals surface area contributed by atoms with Crippen molar-refractivity contribution in [2.45, 2.75) is 33.2 Å². The number of carbonyl (C=O) groups excluding carboxylic acids is 2. The van der Waals surface area contributed by atoms with Crippen LogP contribution in [0.15, 0.2) is 35.6 Å². The fourth-order valence-corrected chi connectivity index (χ4v) is 3.29. The Morgan fingerprint density at radius 2 is 1.80 bits per heavy atom. The largest absolute Gasteiger partial charge is 0.503 e. The third kappa shape index (κ3) is 3.69. The van der Waals surface area contributed by atoms with Crippen LogP contribution in [-0.4, -0.2) is 53.0 Å². The minimum absolute atomic E-state index is 0.0619. The lowest BCUT2D eigenvalue weighted by molar-refractivity contribution is -0.129. The Balaban J connectivity index is 2.40. The number of hydrogen-bond acceptors (Lipinski definition) is 5. The summed E-state index contributed by atoms with van der Waals surface area (Å²) in [5.41, 5.74) is 1.97. The number of aliphatic hydroxyl groups excluding tert-OH is 2. The van der Waals surface area contributed by atoms with Gasteiger partial charge in [-0.15, -0.1) is 0 Å². The van der Waals surface area contributed by atoms with E-state index in [2.05, 4.69) is 18.7 Å². The molecule has 0 radical (unpaired) electrons. The summed E-state index contributed by atoms with van der Waals surface area (Å²) in [4.78, 5) is 28.0. The van der Waals surface area contributed by atoms with Crippen LogP contribution in [0.2, 0.25) is 0 Å². The summed E-state index contributed by atoms with van der Waals surface area (Å²) in [5.74, 6) is -1.37. The van der Waals surface area contributed by atoms with E-state index < -0.39 is 17.7 Å². The van der Waals surface area contributed by atoms with Gasteiger partial charge in [-0.05, 0) is 44.9 Å². The summed E-state index contributed by atoms with van der Waals surface area (Å²) in [6, 6.07) is 7.09. The van der Waals surface area contributed by atoms with E-state index in [-0.39, 0.29) is 24.5 Å². The van der Waals surface area contributed by atoms with Crippen LogP contribution in [-0.2, 0) is 9.59 Å². The van der Waals surface area contributed by atoms with Crippen LogP contribution in [0.1, 0.15) is 38.8 Å². The van der Waals surface area contributed by atoms with E-state index in [1.165, 1.54) is 11.8 Å². The van der Waals surface area contributed by atoms with E-state index in [4.69, 9.17) is 5.11 Å². The van der Waals surface area contributed by atoms with E-state index in [0.717, 1.165) is 24.3 Å². The number of amides is 1. The monoisotopic (exact) mass is 346 g/mol. The molecule has 1 aromatic rings. The molecule has 0 spiro atoms. The van der Waals surface area contributed by atoms with Crippen LogP contribution in [0.5, 0.6) is 0 Å². The number of hydrogen-bond donors (Lipinski definition) is 2. The van der Waals surface area contributed by atoms with Crippen molar-refractivity contribution in [3.8, 4) is 0 Å². The van der Waals surface area contributed by atoms with Gasteiger partial charge in [0.2, 0.25) is 0 Å². The van der Waals surface area contributed by atoms with Crippen molar-refractivity contribution in [2.75, 3.05) is 31.1 Å². The smallest absolute Gasteiger partial charge is 0.290 e. The van der Waals surface area contributed by atoms with Crippen molar-refractivity contribution in [2.24, 2.45) is 0 Å². The van der Waals surface area contributed by atoms with Gasteiger partial charge in [0.25, 0.3) is 5.91 Å². The first kappa shape index (κ1) is 19.0. The number of benzene rings is 1. The first-order valence-corrected chi connectivity index (χ1v) is 8.67. The molecule has 0 bridgehead atoms. The highest BCUT2D eigenvalue weighted by Crippen LogP contribution is 2.38. The zero-order chi connectivity index (χ0) is 18.6. The van der Waals surface area contributed by atoms with Gasteiger partial charge >= 0.3 is 0 Å². The van der Waals surface area contributed by atoms with Crippen molar-refractivity contribution < 1.29 is 19.8 Å². The molecule has 6 heteroatoms. The van der Waals surface area contributed by atoms with Crippen LogP contribution >= 0.6 is 0 Å². The molecule has 1 unspecified atom stereocenters. The average molecular weight is 346 g/mol. The summed E-state index contributed by atoms with van der Waals surface area (Å²) < 4.78 is 0. The molecule has 1 heterocycles. The fraction of sp³-hybridized carbons (Fsp3) is 0.474. The molecule has 0 fully saturated rings. The molecule has 0 aromatic heterocycles. The van der Waals surface area contributed by atoms with E-state index in [0.29, 0.717) is 6.42 Å². The zero-order valence-electron chi connectivity index (χ0n) is 15.0. The van der Waals surface area contributed by atoms with Crippen molar-refractivity contribution in [1.82, 2.24) is 4.90 Å². The lowest BCUT2D eigenvalue weighted by Crippen LogP contribution is -2.32. The van der Waals surface area contributed by atoms with Crippen LogP contribution in [0.3, 0.4) is 0 Å². The Kier molecular flexibility index (Phi) is 6.20. The Morgan fingerprint density at radius 1 is 1.20 bits per heavy atom. The number of aliphatic hydroxyl groups is 2. The van der Waals surface area contributed by atoms with Gasteiger partial charge in [0.1, 0.15) is 0 Å². The highest BCUT2D eigenvalue weighted by Gasteiger charge is 2.41. The SMILES string of the molecule is CCN(CC)c1ccc(C2C(C(C)=O)=C(O)C(=O)N2CCCO)cc1. The van der Waals surface area contributed by atoms with Crippen LogP contribution in [0.4, 0.5) is 5.69 Å². The predicted molar refractivity (Wildman–Crippen MR) is 96.5 cm³/mol. The van der Waals surface area contributed by atoms with Gasteiger partial charge in [-0.2, -0.15) is 0 Å². The van der Waals surface area contributed by atoms with Crippen LogP contribution in [0.25, 0.3) is 0 Å². The molecule has 2 rings (SSSR count). The van der Waals surface area contributed by atoms with Crippen LogP contribution in [0, 0.1) is 0 Å². The maximum Gasteiger partial charge on any atom is 0.290 e. The van der Waals surface area contributed by atoms with Crippen LogP contribution < -0.4 is 4.90 Å². The molecule has 25 heavy (non-hydrogen) atoms. The lowest BCUT2D eigenvalue weighted by atomic mass is 9.96. The van der Waals surface area contributed by atoms with E-state index in [9.17, 15) is 14.7 Å². The van der Waals surface area contributed by atoms with Crippen molar-refractivity contribution in [3.05, 3.63) is 41.2 Å². The topological polar surface area (TPSA) is 81.1 Å². The van der Waals surface area contributed by atoms with Crippen molar-refractivity contribution >= 4 is 17.4 Å². The third-order valence-electron chi connectivity index (χ3n) is 4.58. The average Bonchev–Trinajstić information content (AvgIpc) is 2.86. The Labute approximate surface area is 148 Å². The van der Waals surface area contributed by atoms with Gasteiger partial charge in [0.05, 0.1) is 11.6 Å². The molecule has 2 N–H and O–H groups in total. The highest BCUT2D eigenvalue weighted by atomic mass is 16.3. The molecule has 136 valence electrons. The van der Waals surface area contributed by atoms with Gasteiger partial charge in [0.15, 0.2) is 11.5 Å². The standard InChI is InChI=1S/C19H26N2O4/c1-4-20(5-2)15-9-7-14(8-10-15)17-16(13(3)23)18(24)19(25)21(17)11-6-12-22/h7-10,17,22,24H,4-6,11-12H2,1-3H3. The second-order valence-corrected chi connectivity index (χ2v) is 6.06. The Hall–Kier alpha value is -2.34. The highest BCUT2D eigenvalue weighted by molar-refractivity contribution is 6.08. The lowest BCUT2D eigenvalue weighted by Gasteiger charge is -2.27. The van der Waals surface area contributed by atoms with Gasteiger partial charge in [0, 0.05) is 31.9 Å². The third-order valence-corrected chi connectivity index (χ3v) is 4.58. The molecular weight excluding hydrogens is 320 g/mol. The van der Waals surface area contributed by atoms with Gasteiger partial charge in [-0.25, -0.2) is 0 Å². The summed E-state index contributed by atoms with van der Waals surface area (Å²) in [6.07, 6.45) is 0.387. The maximum absolute atomic E-state index is 12.4. The molecular formula is C19H26N2O4. The van der Waals surface area contributed by atoms with Gasteiger partial charge in [-0.1, -0.05) is 12.1 Å². The minimum atomic E-state index is -0.609. The molecule has 1 aliphatic rings. The number of carbonyl (C=O) groups is 2. The normalized spacial score (nSPS) is 17.4. The molecule has 6 nitrogen and oxygen atoms in total. The van der Waals surface area contributed by atoms with E-state index >= 15 is 0 Å². The molecule has 1 aliphatic heterocycles. The number of nitrogens with zero attached hydrogens (tertiary/aromatic N) is 2. The van der Waals surface area contributed by atoms with Crippen molar-refractivity contribution in [3.63, 3.8) is 0 Å². The molecule has 0 saturated carbocycles. The molecule has 1 aromatic carbocycles. The first-order chi connectivity index (χ1) is 12.0. The Bertz CT molecular complexity index is 663. The molecule has 0 saturated heterocycles. The van der Waals surface area contributed by atoms with Gasteiger partial charge < -0.3 is 20.0 Å². The summed E-state index contributed by atoms with van der Waals surface area (Å²) >= 11 is 0. The molecule has 1 amide bonds. The number of Topliss-reactive ketones (excluding diaryl/α,β-unsaturated/α-hetero) is 1. The quantitative estimate of drug-likeness (QED) is 0.754. The van der Waals surface area contributed by atoms with E-state index in [1.54, 1.807) is 0 Å². The van der Waals surface area contributed by atoms with Crippen molar-refractivity contribution in [1.29, 1.82) is 0 Å². The second kappa shape index (κ2) is 8.16. The number of rotatable bonds is 8. The fourth-order valence-electron chi connectivity index (χ4n) is 3.29. The predicted octanol–water partition coefficient (Wildman–Crippen LogP) is 2.20.